The van der Waals surface area contributed by atoms with Gasteiger partial charge in [0.1, 0.15) is 10.0 Å². The Labute approximate surface area is 118 Å². The quantitative estimate of drug-likeness (QED) is 0.862. The fraction of sp³-hybridized carbons (Fsp3) is 0.583. The van der Waals surface area contributed by atoms with Gasteiger partial charge in [-0.2, -0.15) is 4.31 Å². The smallest absolute Gasteiger partial charge is 0.246 e. The summed E-state index contributed by atoms with van der Waals surface area (Å²) < 4.78 is 26.2. The Kier molecular flexibility index (Phi) is 4.45. The highest BCUT2D eigenvalue weighted by Crippen LogP contribution is 2.28. The first-order valence-corrected chi connectivity index (χ1v) is 8.03. The van der Waals surface area contributed by atoms with Crippen LogP contribution in [0.25, 0.3) is 0 Å². The van der Waals surface area contributed by atoms with Crippen molar-refractivity contribution in [2.24, 2.45) is 0 Å². The third-order valence-electron chi connectivity index (χ3n) is 3.54. The topological polar surface area (TPSA) is 70.5 Å². The molecule has 0 radical (unpaired) electrons. The normalized spacial score (nSPS) is 24.6. The van der Waals surface area contributed by atoms with E-state index in [1.165, 1.54) is 29.7 Å². The van der Waals surface area contributed by atoms with Crippen LogP contribution in [0.1, 0.15) is 25.7 Å². The lowest BCUT2D eigenvalue weighted by Crippen LogP contribution is -2.46. The lowest BCUT2D eigenvalue weighted by Gasteiger charge is -2.34. The highest BCUT2D eigenvalue weighted by atomic mass is 35.5. The second kappa shape index (κ2) is 5.75. The molecule has 5 nitrogen and oxygen atoms in total. The second-order valence-corrected chi connectivity index (χ2v) is 7.06. The molecule has 1 aromatic rings. The molecule has 1 N–H and O–H groups in total. The number of hydrogen-bond acceptors (Lipinski definition) is 4. The van der Waals surface area contributed by atoms with Crippen LogP contribution in [0.15, 0.2) is 23.2 Å². The summed E-state index contributed by atoms with van der Waals surface area (Å²) in [5, 5.41) is 9.92. The Morgan fingerprint density at radius 1 is 1.42 bits per heavy atom. The average Bonchev–Trinajstić information content (AvgIpc) is 2.39. The maximum absolute atomic E-state index is 12.5. The van der Waals surface area contributed by atoms with Gasteiger partial charge in [0.2, 0.25) is 10.0 Å². The van der Waals surface area contributed by atoms with Crippen LogP contribution in [0, 0.1) is 0 Å². The van der Waals surface area contributed by atoms with Crippen molar-refractivity contribution >= 4 is 21.6 Å². The van der Waals surface area contributed by atoms with E-state index >= 15 is 0 Å². The predicted octanol–water partition coefficient (Wildman–Crippen LogP) is 1.66. The van der Waals surface area contributed by atoms with Crippen LogP contribution in [-0.2, 0) is 10.0 Å². The summed E-state index contributed by atoms with van der Waals surface area (Å²) in [6.45, 7) is 0. The molecule has 2 unspecified atom stereocenters. The largest absolute Gasteiger partial charge is 0.391 e. The van der Waals surface area contributed by atoms with E-state index in [-0.39, 0.29) is 10.0 Å². The van der Waals surface area contributed by atoms with Crippen LogP contribution >= 0.6 is 11.6 Å². The molecule has 2 atom stereocenters. The molecule has 1 heterocycles. The van der Waals surface area contributed by atoms with E-state index < -0.39 is 22.2 Å². The van der Waals surface area contributed by atoms with E-state index in [1.807, 2.05) is 0 Å². The molecule has 0 saturated heterocycles. The summed E-state index contributed by atoms with van der Waals surface area (Å²) in [6, 6.07) is 2.57. The molecule has 0 spiro atoms. The molecule has 2 rings (SSSR count). The Morgan fingerprint density at radius 2 is 2.11 bits per heavy atom. The number of hydrogen-bond donors (Lipinski definition) is 1. The average molecular weight is 305 g/mol. The minimum atomic E-state index is -3.72. The van der Waals surface area contributed by atoms with Crippen molar-refractivity contribution in [2.45, 2.75) is 42.7 Å². The molecule has 19 heavy (non-hydrogen) atoms. The lowest BCUT2D eigenvalue weighted by atomic mass is 9.93. The molecule has 1 fully saturated rings. The Hall–Kier alpha value is -0.690. The first-order chi connectivity index (χ1) is 8.94. The van der Waals surface area contributed by atoms with Crippen LogP contribution in [0.3, 0.4) is 0 Å². The minimum absolute atomic E-state index is 0.0167. The van der Waals surface area contributed by atoms with Crippen molar-refractivity contribution in [2.75, 3.05) is 7.05 Å². The Morgan fingerprint density at radius 3 is 2.74 bits per heavy atom. The number of likely N-dealkylation sites (N-methyl/N-ethyl adjacent to an activating group) is 1. The molecule has 1 saturated carbocycles. The monoisotopic (exact) mass is 304 g/mol. The van der Waals surface area contributed by atoms with E-state index in [0.29, 0.717) is 12.8 Å². The van der Waals surface area contributed by atoms with Gasteiger partial charge in [-0.3, -0.25) is 0 Å². The maximum atomic E-state index is 12.5. The Balaban J connectivity index is 2.31. The molecule has 0 aromatic carbocycles. The van der Waals surface area contributed by atoms with E-state index in [1.54, 1.807) is 0 Å². The van der Waals surface area contributed by atoms with Crippen molar-refractivity contribution in [1.29, 1.82) is 0 Å². The molecule has 106 valence electrons. The highest BCUT2D eigenvalue weighted by Gasteiger charge is 2.35. The van der Waals surface area contributed by atoms with E-state index in [4.69, 9.17) is 11.6 Å². The Bertz CT molecular complexity index is 550. The van der Waals surface area contributed by atoms with Crippen molar-refractivity contribution in [1.82, 2.24) is 9.29 Å². The number of pyridine rings is 1. The van der Waals surface area contributed by atoms with Crippen molar-refractivity contribution in [3.8, 4) is 0 Å². The third kappa shape index (κ3) is 2.91. The molecule has 0 amide bonds. The first kappa shape index (κ1) is 14.7. The molecule has 1 aliphatic rings. The van der Waals surface area contributed by atoms with Crippen molar-refractivity contribution < 1.29 is 13.5 Å². The van der Waals surface area contributed by atoms with E-state index in [2.05, 4.69) is 4.98 Å². The van der Waals surface area contributed by atoms with Gasteiger partial charge in [-0.05, 0) is 25.0 Å². The molecule has 0 bridgehead atoms. The molecule has 1 aromatic heterocycles. The summed E-state index contributed by atoms with van der Waals surface area (Å²) in [7, 11) is -2.24. The standard InChI is InChI=1S/C12H17ClN2O3S/c1-15(9-5-2-3-6-10(9)16)19(17,18)11-7-4-8-14-12(11)13/h4,7-10,16H,2-3,5-6H2,1H3. The van der Waals surface area contributed by atoms with Crippen molar-refractivity contribution in [3.05, 3.63) is 23.5 Å². The number of nitrogens with zero attached hydrogens (tertiary/aromatic N) is 2. The third-order valence-corrected chi connectivity index (χ3v) is 5.87. The molecule has 7 heteroatoms. The number of sulfonamides is 1. The van der Waals surface area contributed by atoms with Crippen LogP contribution < -0.4 is 0 Å². The van der Waals surface area contributed by atoms with Gasteiger partial charge in [-0.1, -0.05) is 24.4 Å². The van der Waals surface area contributed by atoms with Crippen LogP contribution in [-0.4, -0.2) is 42.0 Å². The molecular formula is C12H17ClN2O3S. The minimum Gasteiger partial charge on any atom is -0.391 e. The van der Waals surface area contributed by atoms with Crippen molar-refractivity contribution in [3.63, 3.8) is 0 Å². The number of halogens is 1. The number of aliphatic hydroxyl groups excluding tert-OH is 1. The zero-order chi connectivity index (χ0) is 14.0. The fourth-order valence-electron chi connectivity index (χ4n) is 2.41. The summed E-state index contributed by atoms with van der Waals surface area (Å²) in [5.74, 6) is 0. The summed E-state index contributed by atoms with van der Waals surface area (Å²) in [6.07, 6.45) is 3.96. The molecular weight excluding hydrogens is 288 g/mol. The van der Waals surface area contributed by atoms with E-state index in [0.717, 1.165) is 12.8 Å². The van der Waals surface area contributed by atoms with Gasteiger partial charge in [0.25, 0.3) is 0 Å². The zero-order valence-corrected chi connectivity index (χ0v) is 12.2. The molecule has 0 aliphatic heterocycles. The number of rotatable bonds is 3. The van der Waals surface area contributed by atoms with Gasteiger partial charge in [-0.15, -0.1) is 0 Å². The second-order valence-electron chi connectivity index (χ2n) is 4.73. The van der Waals surface area contributed by atoms with Gasteiger partial charge >= 0.3 is 0 Å². The number of aliphatic hydroxyl groups is 1. The number of aromatic nitrogens is 1. The van der Waals surface area contributed by atoms with Gasteiger partial charge < -0.3 is 5.11 Å². The first-order valence-electron chi connectivity index (χ1n) is 6.21. The predicted molar refractivity (Wildman–Crippen MR) is 72.5 cm³/mol. The van der Waals surface area contributed by atoms with Crippen LogP contribution in [0.2, 0.25) is 5.15 Å². The maximum Gasteiger partial charge on any atom is 0.246 e. The highest BCUT2D eigenvalue weighted by molar-refractivity contribution is 7.89. The summed E-state index contributed by atoms with van der Waals surface area (Å²) in [5.41, 5.74) is 0. The lowest BCUT2D eigenvalue weighted by molar-refractivity contribution is 0.0638. The SMILES string of the molecule is CN(C1CCCCC1O)S(=O)(=O)c1cccnc1Cl. The van der Waals surface area contributed by atoms with Crippen LogP contribution in [0.5, 0.6) is 0 Å². The van der Waals surface area contributed by atoms with Gasteiger partial charge in [0.15, 0.2) is 0 Å². The summed E-state index contributed by atoms with van der Waals surface area (Å²) in [4.78, 5) is 3.77. The molecule has 1 aliphatic carbocycles. The summed E-state index contributed by atoms with van der Waals surface area (Å²) >= 11 is 5.85. The van der Waals surface area contributed by atoms with Crippen LogP contribution in [0.4, 0.5) is 0 Å². The van der Waals surface area contributed by atoms with Gasteiger partial charge in [-0.25, -0.2) is 13.4 Å². The fourth-order valence-corrected chi connectivity index (χ4v) is 4.25. The van der Waals surface area contributed by atoms with Gasteiger partial charge in [0.05, 0.1) is 12.1 Å². The zero-order valence-electron chi connectivity index (χ0n) is 10.7. The van der Waals surface area contributed by atoms with E-state index in [9.17, 15) is 13.5 Å². The van der Waals surface area contributed by atoms with Gasteiger partial charge in [0, 0.05) is 13.2 Å².